The van der Waals surface area contributed by atoms with Gasteiger partial charge in [0, 0.05) is 19.6 Å². The van der Waals surface area contributed by atoms with E-state index in [0.717, 1.165) is 43.3 Å². The van der Waals surface area contributed by atoms with Crippen molar-refractivity contribution in [1.82, 2.24) is 9.78 Å². The first-order chi connectivity index (χ1) is 8.84. The molecule has 5 nitrogen and oxygen atoms in total. The molecule has 19 heavy (non-hydrogen) atoms. The fourth-order valence-electron chi connectivity index (χ4n) is 2.90. The van der Waals surface area contributed by atoms with Crippen molar-refractivity contribution >= 4 is 11.5 Å². The number of nitrogens with zero attached hydrogens (tertiary/aromatic N) is 3. The van der Waals surface area contributed by atoms with Crippen LogP contribution >= 0.6 is 0 Å². The van der Waals surface area contributed by atoms with Crippen molar-refractivity contribution in [1.29, 1.82) is 0 Å². The molecule has 2 N–H and O–H groups in total. The average Bonchev–Trinajstić information content (AvgIpc) is 2.52. The summed E-state index contributed by atoms with van der Waals surface area (Å²) in [6.07, 6.45) is 1.25. The van der Waals surface area contributed by atoms with Gasteiger partial charge >= 0.3 is 0 Å². The zero-order chi connectivity index (χ0) is 14.2. The normalized spacial score (nSPS) is 22.8. The zero-order valence-electron chi connectivity index (χ0n) is 12.7. The van der Waals surface area contributed by atoms with Crippen LogP contribution in [-0.4, -0.2) is 34.6 Å². The van der Waals surface area contributed by atoms with Crippen molar-refractivity contribution in [3.05, 3.63) is 5.69 Å². The molecule has 1 saturated heterocycles. The van der Waals surface area contributed by atoms with Gasteiger partial charge < -0.3 is 15.4 Å². The van der Waals surface area contributed by atoms with Gasteiger partial charge in [-0.25, -0.2) is 4.68 Å². The summed E-state index contributed by atoms with van der Waals surface area (Å²) < 4.78 is 8.00. The Morgan fingerprint density at radius 3 is 2.74 bits per heavy atom. The molecule has 2 heterocycles. The Bertz CT molecular complexity index is 453. The van der Waals surface area contributed by atoms with E-state index in [2.05, 4.69) is 37.7 Å². The lowest BCUT2D eigenvalue weighted by Gasteiger charge is -2.42. The number of nitrogen functional groups attached to an aromatic ring is 1. The van der Waals surface area contributed by atoms with E-state index in [-0.39, 0.29) is 11.7 Å². The number of morpholine rings is 1. The number of hydrogen-bond donors (Lipinski definition) is 1. The number of aromatic nitrogens is 2. The van der Waals surface area contributed by atoms with Gasteiger partial charge in [-0.2, -0.15) is 5.10 Å². The molecule has 1 aromatic heterocycles. The first kappa shape index (κ1) is 14.2. The fraction of sp³-hybridized carbons (Fsp3) is 0.786. The number of aryl methyl sites for hydroxylation is 2. The standard InChI is InChI=1S/C14H26N4O/c1-6-7-18-13(12(15)11(3)16-18)17-8-10(2)19-14(4,5)9-17/h10H,6-9,15H2,1-5H3. The largest absolute Gasteiger partial charge is 0.394 e. The molecule has 0 spiro atoms. The maximum absolute atomic E-state index is 6.23. The van der Waals surface area contributed by atoms with Crippen LogP contribution in [0.4, 0.5) is 11.5 Å². The minimum Gasteiger partial charge on any atom is -0.394 e. The SMILES string of the molecule is CCCn1nc(C)c(N)c1N1CC(C)OC(C)(C)C1. The molecular formula is C14H26N4O. The highest BCUT2D eigenvalue weighted by atomic mass is 16.5. The summed E-state index contributed by atoms with van der Waals surface area (Å²) in [7, 11) is 0. The van der Waals surface area contributed by atoms with Gasteiger partial charge in [0.25, 0.3) is 0 Å². The van der Waals surface area contributed by atoms with Crippen molar-refractivity contribution < 1.29 is 4.74 Å². The van der Waals surface area contributed by atoms with E-state index in [0.29, 0.717) is 0 Å². The van der Waals surface area contributed by atoms with Crippen LogP contribution < -0.4 is 10.6 Å². The Balaban J connectivity index is 2.34. The van der Waals surface area contributed by atoms with E-state index in [1.165, 1.54) is 0 Å². The van der Waals surface area contributed by atoms with Crippen molar-refractivity contribution in [2.75, 3.05) is 23.7 Å². The van der Waals surface area contributed by atoms with Crippen LogP contribution in [0.1, 0.15) is 39.8 Å². The Kier molecular flexibility index (Phi) is 3.76. The van der Waals surface area contributed by atoms with Crippen molar-refractivity contribution in [2.45, 2.75) is 59.3 Å². The smallest absolute Gasteiger partial charge is 0.150 e. The Hall–Kier alpha value is -1.23. The molecular weight excluding hydrogens is 240 g/mol. The lowest BCUT2D eigenvalue weighted by Crippen LogP contribution is -2.52. The van der Waals surface area contributed by atoms with Crippen molar-refractivity contribution in [2.24, 2.45) is 0 Å². The molecule has 2 rings (SSSR count). The Morgan fingerprint density at radius 1 is 1.47 bits per heavy atom. The summed E-state index contributed by atoms with van der Waals surface area (Å²) >= 11 is 0. The fourth-order valence-corrected chi connectivity index (χ4v) is 2.90. The first-order valence-electron chi connectivity index (χ1n) is 7.09. The van der Waals surface area contributed by atoms with E-state index in [4.69, 9.17) is 10.5 Å². The van der Waals surface area contributed by atoms with Crippen LogP contribution in [0.2, 0.25) is 0 Å². The third kappa shape index (κ3) is 2.86. The lowest BCUT2D eigenvalue weighted by molar-refractivity contribution is -0.0753. The van der Waals surface area contributed by atoms with Gasteiger partial charge in [0.1, 0.15) is 0 Å². The van der Waals surface area contributed by atoms with Crippen LogP contribution in [0, 0.1) is 6.92 Å². The van der Waals surface area contributed by atoms with Gasteiger partial charge in [0.15, 0.2) is 5.82 Å². The highest BCUT2D eigenvalue weighted by Crippen LogP contribution is 2.31. The third-order valence-corrected chi connectivity index (χ3v) is 3.45. The Labute approximate surface area is 115 Å². The van der Waals surface area contributed by atoms with Gasteiger partial charge in [-0.05, 0) is 34.1 Å². The minimum atomic E-state index is -0.153. The second-order valence-electron chi connectivity index (χ2n) is 6.11. The van der Waals surface area contributed by atoms with Gasteiger partial charge in [0.2, 0.25) is 0 Å². The van der Waals surface area contributed by atoms with E-state index >= 15 is 0 Å². The minimum absolute atomic E-state index is 0.153. The molecule has 0 radical (unpaired) electrons. The van der Waals surface area contributed by atoms with Crippen LogP contribution in [-0.2, 0) is 11.3 Å². The monoisotopic (exact) mass is 266 g/mol. The van der Waals surface area contributed by atoms with Crippen LogP contribution in [0.25, 0.3) is 0 Å². The second kappa shape index (κ2) is 5.04. The molecule has 0 bridgehead atoms. The third-order valence-electron chi connectivity index (χ3n) is 3.45. The van der Waals surface area contributed by atoms with E-state index in [9.17, 15) is 0 Å². The van der Waals surface area contributed by atoms with Gasteiger partial charge in [0.05, 0.1) is 23.1 Å². The predicted molar refractivity (Wildman–Crippen MR) is 78.5 cm³/mol. The number of hydrogen-bond acceptors (Lipinski definition) is 4. The molecule has 1 aliphatic rings. The topological polar surface area (TPSA) is 56.3 Å². The molecule has 1 aromatic rings. The van der Waals surface area contributed by atoms with Gasteiger partial charge in [-0.3, -0.25) is 0 Å². The molecule has 5 heteroatoms. The number of anilines is 2. The molecule has 0 amide bonds. The van der Waals surface area contributed by atoms with Crippen LogP contribution in [0.15, 0.2) is 0 Å². The zero-order valence-corrected chi connectivity index (χ0v) is 12.7. The molecule has 0 aliphatic carbocycles. The summed E-state index contributed by atoms with van der Waals surface area (Å²) in [5, 5.41) is 4.56. The summed E-state index contributed by atoms with van der Waals surface area (Å²) in [5.41, 5.74) is 7.80. The number of ether oxygens (including phenoxy) is 1. The van der Waals surface area contributed by atoms with Crippen molar-refractivity contribution in [3.8, 4) is 0 Å². The van der Waals surface area contributed by atoms with Crippen molar-refractivity contribution in [3.63, 3.8) is 0 Å². The van der Waals surface area contributed by atoms with Crippen LogP contribution in [0.5, 0.6) is 0 Å². The highest BCUT2D eigenvalue weighted by molar-refractivity contribution is 5.66. The van der Waals surface area contributed by atoms with E-state index < -0.39 is 0 Å². The summed E-state index contributed by atoms with van der Waals surface area (Å²) in [6.45, 7) is 13.1. The molecule has 1 atom stereocenters. The molecule has 1 aliphatic heterocycles. The molecule has 1 fully saturated rings. The Morgan fingerprint density at radius 2 is 2.16 bits per heavy atom. The molecule has 108 valence electrons. The van der Waals surface area contributed by atoms with E-state index in [1.54, 1.807) is 0 Å². The van der Waals surface area contributed by atoms with Crippen LogP contribution in [0.3, 0.4) is 0 Å². The summed E-state index contributed by atoms with van der Waals surface area (Å²) in [4.78, 5) is 2.32. The van der Waals surface area contributed by atoms with Gasteiger partial charge in [-0.15, -0.1) is 0 Å². The second-order valence-corrected chi connectivity index (χ2v) is 6.11. The molecule has 0 aromatic carbocycles. The van der Waals surface area contributed by atoms with E-state index in [1.807, 2.05) is 11.6 Å². The highest BCUT2D eigenvalue weighted by Gasteiger charge is 2.34. The molecule has 1 unspecified atom stereocenters. The first-order valence-corrected chi connectivity index (χ1v) is 7.09. The summed E-state index contributed by atoms with van der Waals surface area (Å²) in [5.74, 6) is 1.06. The summed E-state index contributed by atoms with van der Waals surface area (Å²) in [6, 6.07) is 0. The maximum atomic E-state index is 6.23. The quantitative estimate of drug-likeness (QED) is 0.911. The predicted octanol–water partition coefficient (Wildman–Crippen LogP) is 2.19. The maximum Gasteiger partial charge on any atom is 0.150 e. The number of nitrogens with two attached hydrogens (primary N) is 1. The van der Waals surface area contributed by atoms with Gasteiger partial charge in [-0.1, -0.05) is 6.92 Å². The number of rotatable bonds is 3. The molecule has 0 saturated carbocycles. The lowest BCUT2D eigenvalue weighted by atomic mass is 10.1. The average molecular weight is 266 g/mol.